The van der Waals surface area contributed by atoms with Gasteiger partial charge in [0.1, 0.15) is 5.82 Å². The second-order valence-electron chi connectivity index (χ2n) is 3.51. The quantitative estimate of drug-likeness (QED) is 0.853. The van der Waals surface area contributed by atoms with Crippen LogP contribution in [0.1, 0.15) is 5.56 Å². The molecule has 0 aliphatic heterocycles. The Kier molecular flexibility index (Phi) is 3.27. The Morgan fingerprint density at radius 3 is 2.75 bits per heavy atom. The summed E-state index contributed by atoms with van der Waals surface area (Å²) in [6.07, 6.45) is 1.71. The number of rotatable bonds is 3. The summed E-state index contributed by atoms with van der Waals surface area (Å²) in [5.41, 5.74) is 2.30. The summed E-state index contributed by atoms with van der Waals surface area (Å²) in [5.74, 6) is -0.197. The van der Waals surface area contributed by atoms with Gasteiger partial charge in [0.05, 0.1) is 5.69 Å². The first-order chi connectivity index (χ1) is 7.83. The Labute approximate surface area is 94.2 Å². The zero-order chi connectivity index (χ0) is 11.4. The number of benzene rings is 1. The average molecular weight is 216 g/mol. The van der Waals surface area contributed by atoms with Crippen LogP contribution in [0.5, 0.6) is 0 Å². The van der Waals surface area contributed by atoms with Gasteiger partial charge in [0, 0.05) is 23.9 Å². The Morgan fingerprint density at radius 1 is 1.19 bits per heavy atom. The van der Waals surface area contributed by atoms with E-state index in [1.165, 1.54) is 6.07 Å². The molecule has 0 radical (unpaired) electrons. The normalized spacial score (nSPS) is 10.4. The maximum atomic E-state index is 13.7. The van der Waals surface area contributed by atoms with Gasteiger partial charge in [0.2, 0.25) is 0 Å². The number of hydrogen-bond acceptors (Lipinski definition) is 2. The molecule has 0 unspecified atom stereocenters. The smallest absolute Gasteiger partial charge is 0.128 e. The van der Waals surface area contributed by atoms with Crippen molar-refractivity contribution in [1.29, 1.82) is 0 Å². The Hall–Kier alpha value is -1.74. The van der Waals surface area contributed by atoms with Crippen LogP contribution >= 0.6 is 0 Å². The monoisotopic (exact) mass is 216 g/mol. The molecule has 2 rings (SSSR count). The minimum atomic E-state index is -0.197. The van der Waals surface area contributed by atoms with Crippen LogP contribution in [0.4, 0.5) is 4.39 Å². The predicted octanol–water partition coefficient (Wildman–Crippen LogP) is 2.61. The maximum Gasteiger partial charge on any atom is 0.128 e. The number of hydrogen-bond donors (Lipinski definition) is 1. The van der Waals surface area contributed by atoms with Gasteiger partial charge >= 0.3 is 0 Å². The highest BCUT2D eigenvalue weighted by atomic mass is 19.1. The number of aromatic nitrogens is 1. The van der Waals surface area contributed by atoms with Crippen molar-refractivity contribution in [1.82, 2.24) is 10.3 Å². The number of nitrogens with zero attached hydrogens (tertiary/aromatic N) is 1. The van der Waals surface area contributed by atoms with Crippen LogP contribution in [0.2, 0.25) is 0 Å². The number of halogens is 1. The fourth-order valence-electron chi connectivity index (χ4n) is 1.68. The fourth-order valence-corrected chi connectivity index (χ4v) is 1.68. The molecule has 82 valence electrons. The highest BCUT2D eigenvalue weighted by Crippen LogP contribution is 2.23. The Bertz CT molecular complexity index is 469. The molecule has 0 amide bonds. The summed E-state index contributed by atoms with van der Waals surface area (Å²) in [6, 6.07) is 10.7. The molecular weight excluding hydrogens is 203 g/mol. The van der Waals surface area contributed by atoms with Gasteiger partial charge in [-0.05, 0) is 25.2 Å². The van der Waals surface area contributed by atoms with Gasteiger partial charge in [0.25, 0.3) is 0 Å². The van der Waals surface area contributed by atoms with Crippen molar-refractivity contribution in [2.75, 3.05) is 7.05 Å². The number of pyridine rings is 1. The van der Waals surface area contributed by atoms with Gasteiger partial charge in [0.15, 0.2) is 0 Å². The van der Waals surface area contributed by atoms with Crippen molar-refractivity contribution in [3.8, 4) is 11.3 Å². The van der Waals surface area contributed by atoms with E-state index >= 15 is 0 Å². The molecule has 2 aromatic rings. The molecule has 0 saturated carbocycles. The van der Waals surface area contributed by atoms with Crippen LogP contribution in [0.15, 0.2) is 42.6 Å². The lowest BCUT2D eigenvalue weighted by atomic mass is 10.0. The van der Waals surface area contributed by atoms with Crippen LogP contribution in [0.25, 0.3) is 11.3 Å². The van der Waals surface area contributed by atoms with Crippen LogP contribution < -0.4 is 5.32 Å². The summed E-state index contributed by atoms with van der Waals surface area (Å²) in [4.78, 5) is 4.24. The van der Waals surface area contributed by atoms with Gasteiger partial charge in [-0.15, -0.1) is 0 Å². The minimum absolute atomic E-state index is 0.197. The van der Waals surface area contributed by atoms with Crippen molar-refractivity contribution < 1.29 is 4.39 Å². The standard InChI is InChI=1S/C13H13FN2/c1-15-9-11-10(5-4-6-12(11)14)13-7-2-3-8-16-13/h2-8,15H,9H2,1H3. The third-order valence-electron chi connectivity index (χ3n) is 2.41. The maximum absolute atomic E-state index is 13.7. The predicted molar refractivity (Wildman–Crippen MR) is 62.4 cm³/mol. The van der Waals surface area contributed by atoms with E-state index in [-0.39, 0.29) is 5.82 Å². The van der Waals surface area contributed by atoms with Crippen LogP contribution in [0.3, 0.4) is 0 Å². The SMILES string of the molecule is CNCc1c(F)cccc1-c1ccccn1. The summed E-state index contributed by atoms with van der Waals surface area (Å²) < 4.78 is 13.7. The topological polar surface area (TPSA) is 24.9 Å². The lowest BCUT2D eigenvalue weighted by Gasteiger charge is -2.09. The largest absolute Gasteiger partial charge is 0.316 e. The average Bonchev–Trinajstić information content (AvgIpc) is 2.33. The van der Waals surface area contributed by atoms with Crippen molar-refractivity contribution >= 4 is 0 Å². The molecular formula is C13H13FN2. The van der Waals surface area contributed by atoms with Gasteiger partial charge in [-0.2, -0.15) is 0 Å². The van der Waals surface area contributed by atoms with Gasteiger partial charge in [-0.25, -0.2) is 4.39 Å². The molecule has 0 aliphatic carbocycles. The van der Waals surface area contributed by atoms with E-state index in [1.54, 1.807) is 19.3 Å². The number of nitrogens with one attached hydrogen (secondary N) is 1. The van der Waals surface area contributed by atoms with E-state index in [1.807, 2.05) is 24.3 Å². The van der Waals surface area contributed by atoms with E-state index in [9.17, 15) is 4.39 Å². The summed E-state index contributed by atoms with van der Waals surface area (Å²) in [7, 11) is 1.80. The third kappa shape index (κ3) is 2.09. The molecule has 0 bridgehead atoms. The van der Waals surface area contributed by atoms with E-state index in [2.05, 4.69) is 10.3 Å². The van der Waals surface area contributed by atoms with E-state index < -0.39 is 0 Å². The molecule has 16 heavy (non-hydrogen) atoms. The molecule has 1 aromatic heterocycles. The highest BCUT2D eigenvalue weighted by Gasteiger charge is 2.09. The molecule has 1 N–H and O–H groups in total. The fraction of sp³-hybridized carbons (Fsp3) is 0.154. The molecule has 0 fully saturated rings. The van der Waals surface area contributed by atoms with E-state index in [4.69, 9.17) is 0 Å². The third-order valence-corrected chi connectivity index (χ3v) is 2.41. The van der Waals surface area contributed by atoms with Crippen LogP contribution in [-0.4, -0.2) is 12.0 Å². The van der Waals surface area contributed by atoms with Gasteiger partial charge in [-0.3, -0.25) is 4.98 Å². The lowest BCUT2D eigenvalue weighted by Crippen LogP contribution is -2.08. The zero-order valence-corrected chi connectivity index (χ0v) is 9.07. The van der Waals surface area contributed by atoms with Crippen LogP contribution in [-0.2, 0) is 6.54 Å². The molecule has 2 nitrogen and oxygen atoms in total. The van der Waals surface area contributed by atoms with E-state index in [0.29, 0.717) is 12.1 Å². The van der Waals surface area contributed by atoms with Crippen molar-refractivity contribution in [2.24, 2.45) is 0 Å². The molecule has 0 aliphatic rings. The van der Waals surface area contributed by atoms with Crippen molar-refractivity contribution in [2.45, 2.75) is 6.54 Å². The first-order valence-corrected chi connectivity index (χ1v) is 5.16. The molecule has 0 spiro atoms. The van der Waals surface area contributed by atoms with Crippen LogP contribution in [0, 0.1) is 5.82 Å². The molecule has 0 saturated heterocycles. The van der Waals surface area contributed by atoms with Gasteiger partial charge < -0.3 is 5.32 Å². The minimum Gasteiger partial charge on any atom is -0.316 e. The van der Waals surface area contributed by atoms with Gasteiger partial charge in [-0.1, -0.05) is 18.2 Å². The molecule has 3 heteroatoms. The first-order valence-electron chi connectivity index (χ1n) is 5.16. The summed E-state index contributed by atoms with van der Waals surface area (Å²) in [6.45, 7) is 0.499. The Morgan fingerprint density at radius 2 is 2.06 bits per heavy atom. The summed E-state index contributed by atoms with van der Waals surface area (Å²) in [5, 5.41) is 2.97. The molecule has 1 heterocycles. The van der Waals surface area contributed by atoms with E-state index in [0.717, 1.165) is 11.3 Å². The molecule has 1 aromatic carbocycles. The van der Waals surface area contributed by atoms with Crippen molar-refractivity contribution in [3.05, 3.63) is 54.0 Å². The zero-order valence-electron chi connectivity index (χ0n) is 9.07. The molecule has 0 atom stereocenters. The lowest BCUT2D eigenvalue weighted by molar-refractivity contribution is 0.602. The highest BCUT2D eigenvalue weighted by molar-refractivity contribution is 5.63. The Balaban J connectivity index is 2.52. The second-order valence-corrected chi connectivity index (χ2v) is 3.51. The first kappa shape index (κ1) is 10.8. The second kappa shape index (κ2) is 4.86. The summed E-state index contributed by atoms with van der Waals surface area (Å²) >= 11 is 0. The van der Waals surface area contributed by atoms with Crippen molar-refractivity contribution in [3.63, 3.8) is 0 Å².